The van der Waals surface area contributed by atoms with E-state index in [9.17, 15) is 10.2 Å². The van der Waals surface area contributed by atoms with Gasteiger partial charge in [0.1, 0.15) is 11.5 Å². The van der Waals surface area contributed by atoms with Crippen LogP contribution in [0.1, 0.15) is 59.1 Å². The second-order valence-electron chi connectivity index (χ2n) is 8.56. The number of hydrogen-bond donors (Lipinski definition) is 5. The minimum atomic E-state index is 0.414. The van der Waals surface area contributed by atoms with Crippen LogP contribution in [-0.4, -0.2) is 29.8 Å². The molecule has 3 rings (SSSR count). The average molecular weight is 412 g/mol. The number of hydrogen-bond acceptors (Lipinski definition) is 5. The standard InChI is InChI=1S/C25H37N3O2/c1-18-11-20-7-4-3-5-8-26-16-22-13-19(2)14-23(25(22)30)17-28-10-6-9-27-15-21(12-18)24(20)29/h11-14,26-30H,3-10,15-17H2,1-2H3. The Hall–Kier alpha value is -2.08. The van der Waals surface area contributed by atoms with Crippen LogP contribution in [-0.2, 0) is 26.1 Å². The maximum atomic E-state index is 10.7. The molecule has 5 heteroatoms. The molecule has 30 heavy (non-hydrogen) atoms. The van der Waals surface area contributed by atoms with Gasteiger partial charge >= 0.3 is 0 Å². The van der Waals surface area contributed by atoms with Gasteiger partial charge in [-0.25, -0.2) is 0 Å². The number of benzene rings is 2. The van der Waals surface area contributed by atoms with Gasteiger partial charge in [0, 0.05) is 36.3 Å². The first-order valence-corrected chi connectivity index (χ1v) is 11.3. The van der Waals surface area contributed by atoms with Gasteiger partial charge in [-0.3, -0.25) is 0 Å². The molecule has 4 bridgehead atoms. The molecule has 0 aromatic heterocycles. The number of fused-ring (bicyclic) bond motifs is 4. The second kappa shape index (κ2) is 11.3. The molecule has 2 aromatic carbocycles. The third-order valence-corrected chi connectivity index (χ3v) is 5.78. The average Bonchev–Trinajstić information content (AvgIpc) is 2.71. The third-order valence-electron chi connectivity index (χ3n) is 5.78. The molecule has 0 radical (unpaired) electrons. The highest BCUT2D eigenvalue weighted by Gasteiger charge is 2.10. The fourth-order valence-electron chi connectivity index (χ4n) is 4.21. The summed E-state index contributed by atoms with van der Waals surface area (Å²) in [6, 6.07) is 8.33. The minimum Gasteiger partial charge on any atom is -0.507 e. The molecule has 0 aliphatic carbocycles. The van der Waals surface area contributed by atoms with E-state index in [0.29, 0.717) is 31.1 Å². The third kappa shape index (κ3) is 6.46. The smallest absolute Gasteiger partial charge is 0.124 e. The molecule has 164 valence electrons. The number of aromatic hydroxyl groups is 2. The van der Waals surface area contributed by atoms with Crippen LogP contribution in [0.4, 0.5) is 0 Å². The Kier molecular flexibility index (Phi) is 8.55. The zero-order valence-corrected chi connectivity index (χ0v) is 18.5. The molecule has 0 atom stereocenters. The summed E-state index contributed by atoms with van der Waals surface area (Å²) in [5.41, 5.74) is 6.38. The number of phenols is 2. The summed E-state index contributed by atoms with van der Waals surface area (Å²) in [5.74, 6) is 0.876. The summed E-state index contributed by atoms with van der Waals surface area (Å²) >= 11 is 0. The maximum Gasteiger partial charge on any atom is 0.124 e. The van der Waals surface area contributed by atoms with Crippen molar-refractivity contribution in [2.24, 2.45) is 0 Å². The van der Waals surface area contributed by atoms with Crippen molar-refractivity contribution >= 4 is 0 Å². The summed E-state index contributed by atoms with van der Waals surface area (Å²) in [6.07, 6.45) is 5.16. The van der Waals surface area contributed by atoms with Crippen LogP contribution >= 0.6 is 0 Å². The molecule has 0 unspecified atom stereocenters. The first kappa shape index (κ1) is 22.6. The van der Waals surface area contributed by atoms with Crippen LogP contribution in [0.2, 0.25) is 0 Å². The molecular formula is C25H37N3O2. The van der Waals surface area contributed by atoms with Crippen LogP contribution in [0.15, 0.2) is 24.3 Å². The lowest BCUT2D eigenvalue weighted by Crippen LogP contribution is -2.22. The molecule has 0 amide bonds. The largest absolute Gasteiger partial charge is 0.507 e. The molecule has 1 aliphatic rings. The van der Waals surface area contributed by atoms with E-state index in [2.05, 4.69) is 54.1 Å². The van der Waals surface area contributed by atoms with E-state index in [-0.39, 0.29) is 0 Å². The van der Waals surface area contributed by atoms with Gasteiger partial charge in [-0.15, -0.1) is 0 Å². The molecule has 5 nitrogen and oxygen atoms in total. The van der Waals surface area contributed by atoms with E-state index in [4.69, 9.17) is 0 Å². The minimum absolute atomic E-state index is 0.414. The van der Waals surface area contributed by atoms with E-state index in [0.717, 1.165) is 74.0 Å². The predicted molar refractivity (Wildman–Crippen MR) is 123 cm³/mol. The first-order valence-electron chi connectivity index (χ1n) is 11.3. The van der Waals surface area contributed by atoms with E-state index >= 15 is 0 Å². The number of rotatable bonds is 0. The lowest BCUT2D eigenvalue weighted by Gasteiger charge is -2.15. The zero-order valence-electron chi connectivity index (χ0n) is 18.5. The van der Waals surface area contributed by atoms with Crippen molar-refractivity contribution in [3.05, 3.63) is 57.6 Å². The van der Waals surface area contributed by atoms with Crippen molar-refractivity contribution in [1.82, 2.24) is 16.0 Å². The van der Waals surface area contributed by atoms with Crippen molar-refractivity contribution in [2.45, 2.75) is 65.6 Å². The van der Waals surface area contributed by atoms with Crippen LogP contribution in [0.25, 0.3) is 0 Å². The van der Waals surface area contributed by atoms with Gasteiger partial charge in [-0.05, 0) is 64.7 Å². The van der Waals surface area contributed by atoms with Crippen molar-refractivity contribution in [1.29, 1.82) is 0 Å². The molecule has 0 spiro atoms. The van der Waals surface area contributed by atoms with Gasteiger partial charge in [-0.2, -0.15) is 0 Å². The number of nitrogens with one attached hydrogen (secondary N) is 3. The number of phenolic OH excluding ortho intramolecular Hbond substituents is 2. The topological polar surface area (TPSA) is 76.5 Å². The highest BCUT2D eigenvalue weighted by molar-refractivity contribution is 5.44. The van der Waals surface area contributed by atoms with E-state index in [1.165, 1.54) is 11.1 Å². The van der Waals surface area contributed by atoms with E-state index in [1.54, 1.807) is 0 Å². The molecular weight excluding hydrogens is 374 g/mol. The lowest BCUT2D eigenvalue weighted by atomic mass is 9.99. The van der Waals surface area contributed by atoms with E-state index in [1.807, 2.05) is 0 Å². The fourth-order valence-corrected chi connectivity index (χ4v) is 4.21. The summed E-state index contributed by atoms with van der Waals surface area (Å²) in [4.78, 5) is 0. The summed E-state index contributed by atoms with van der Waals surface area (Å²) in [7, 11) is 0. The zero-order chi connectivity index (χ0) is 21.3. The van der Waals surface area contributed by atoms with Gasteiger partial charge in [0.2, 0.25) is 0 Å². The maximum absolute atomic E-state index is 10.7. The fraction of sp³-hybridized carbons (Fsp3) is 0.520. The Morgan fingerprint density at radius 1 is 0.567 bits per heavy atom. The Labute approximate surface area is 180 Å². The molecule has 0 saturated carbocycles. The molecule has 0 fully saturated rings. The first-order chi connectivity index (χ1) is 14.5. The van der Waals surface area contributed by atoms with Gasteiger partial charge in [-0.1, -0.05) is 41.8 Å². The van der Waals surface area contributed by atoms with Crippen molar-refractivity contribution in [3.63, 3.8) is 0 Å². The predicted octanol–water partition coefficient (Wildman–Crippen LogP) is 3.80. The summed E-state index contributed by atoms with van der Waals surface area (Å²) in [6.45, 7) is 8.91. The Balaban J connectivity index is 1.65. The van der Waals surface area contributed by atoms with Crippen LogP contribution in [0.3, 0.4) is 0 Å². The van der Waals surface area contributed by atoms with E-state index < -0.39 is 0 Å². The monoisotopic (exact) mass is 411 g/mol. The second-order valence-corrected chi connectivity index (χ2v) is 8.56. The van der Waals surface area contributed by atoms with Crippen molar-refractivity contribution in [2.75, 3.05) is 19.6 Å². The quantitative estimate of drug-likeness (QED) is 0.456. The van der Waals surface area contributed by atoms with Crippen molar-refractivity contribution in [3.8, 4) is 11.5 Å². The van der Waals surface area contributed by atoms with Crippen LogP contribution < -0.4 is 16.0 Å². The van der Waals surface area contributed by atoms with Crippen LogP contribution in [0.5, 0.6) is 11.5 Å². The normalized spacial score (nSPS) is 17.4. The Bertz CT molecular complexity index is 708. The van der Waals surface area contributed by atoms with Gasteiger partial charge in [0.15, 0.2) is 0 Å². The summed E-state index contributed by atoms with van der Waals surface area (Å²) in [5, 5.41) is 31.7. The Morgan fingerprint density at radius 2 is 1.00 bits per heavy atom. The van der Waals surface area contributed by atoms with Crippen LogP contribution in [0, 0.1) is 13.8 Å². The summed E-state index contributed by atoms with van der Waals surface area (Å²) < 4.78 is 0. The SMILES string of the molecule is Cc1cc2c(O)c(c1)CNCCCNCc1cc(C)cc(c1O)CNCCCCC2. The van der Waals surface area contributed by atoms with Gasteiger partial charge in [0.05, 0.1) is 0 Å². The molecule has 2 aromatic rings. The lowest BCUT2D eigenvalue weighted by molar-refractivity contribution is 0.450. The van der Waals surface area contributed by atoms with Gasteiger partial charge < -0.3 is 26.2 Å². The molecule has 5 N–H and O–H groups in total. The highest BCUT2D eigenvalue weighted by atomic mass is 16.3. The highest BCUT2D eigenvalue weighted by Crippen LogP contribution is 2.27. The molecule has 1 heterocycles. The molecule has 1 aliphatic heterocycles. The van der Waals surface area contributed by atoms with Crippen molar-refractivity contribution < 1.29 is 10.2 Å². The van der Waals surface area contributed by atoms with Gasteiger partial charge in [0.25, 0.3) is 0 Å². The molecule has 0 saturated heterocycles. The Morgan fingerprint density at radius 3 is 1.53 bits per heavy atom. The number of aryl methyl sites for hydroxylation is 3.